The normalized spacial score (nSPS) is 13.2. The first-order chi connectivity index (χ1) is 19.0. The average molecular weight is 581 g/mol. The third-order valence-corrected chi connectivity index (χ3v) is 6.04. The van der Waals surface area contributed by atoms with E-state index in [1.807, 2.05) is 26.0 Å². The van der Waals surface area contributed by atoms with Crippen LogP contribution in [0.2, 0.25) is 0 Å². The molecular formula is C29H39F3N4O5. The SMILES string of the molecule is CC[C@H](O)[C@H](CNCc1ccc(C)cc1C)NC(=O)CNC(=O)c1cc(C(F)(F)F)ccc1NC(=O)OC(C)(C)C. The maximum Gasteiger partial charge on any atom is 0.416 e. The molecule has 2 atom stereocenters. The van der Waals surface area contributed by atoms with Crippen LogP contribution in [0.5, 0.6) is 0 Å². The zero-order chi connectivity index (χ0) is 31.0. The van der Waals surface area contributed by atoms with Gasteiger partial charge < -0.3 is 25.8 Å². The van der Waals surface area contributed by atoms with E-state index < -0.39 is 59.5 Å². The summed E-state index contributed by atoms with van der Waals surface area (Å²) in [4.78, 5) is 37.7. The van der Waals surface area contributed by atoms with Crippen molar-refractivity contribution in [1.29, 1.82) is 0 Å². The molecule has 2 rings (SSSR count). The second-order valence-corrected chi connectivity index (χ2v) is 10.8. The Hall–Kier alpha value is -3.64. The summed E-state index contributed by atoms with van der Waals surface area (Å²) in [5.41, 5.74) is 0.589. The molecule has 5 N–H and O–H groups in total. The first kappa shape index (κ1) is 33.6. The van der Waals surface area contributed by atoms with Gasteiger partial charge >= 0.3 is 12.3 Å². The highest BCUT2D eigenvalue weighted by molar-refractivity contribution is 6.04. The number of ether oxygens (including phenoxy) is 1. The largest absolute Gasteiger partial charge is 0.444 e. The van der Waals surface area contributed by atoms with Crippen LogP contribution < -0.4 is 21.3 Å². The van der Waals surface area contributed by atoms with Gasteiger partial charge in [-0.25, -0.2) is 4.79 Å². The standard InChI is InChI=1S/C29H39F3N4O5/c1-7-24(37)23(15-33-14-19-9-8-17(2)12-18(19)3)35-25(38)16-34-26(39)21-13-20(29(30,31)32)10-11-22(21)36-27(40)41-28(4,5)6/h8-13,23-24,33,37H,7,14-16H2,1-6H3,(H,34,39)(H,35,38)(H,36,40)/t23-,24-/m0/s1. The summed E-state index contributed by atoms with van der Waals surface area (Å²) in [5, 5.41) is 20.9. The molecule has 41 heavy (non-hydrogen) atoms. The van der Waals surface area contributed by atoms with Gasteiger partial charge in [-0.15, -0.1) is 0 Å². The lowest BCUT2D eigenvalue weighted by atomic mass is 10.1. The highest BCUT2D eigenvalue weighted by atomic mass is 19.4. The zero-order valence-electron chi connectivity index (χ0n) is 24.2. The van der Waals surface area contributed by atoms with Gasteiger partial charge in [-0.2, -0.15) is 13.2 Å². The van der Waals surface area contributed by atoms with Crippen LogP contribution in [-0.4, -0.2) is 53.9 Å². The first-order valence-corrected chi connectivity index (χ1v) is 13.2. The Labute approximate surface area is 238 Å². The van der Waals surface area contributed by atoms with Crippen molar-refractivity contribution in [2.75, 3.05) is 18.4 Å². The van der Waals surface area contributed by atoms with Crippen LogP contribution in [-0.2, 0) is 22.3 Å². The molecule has 226 valence electrons. The number of halogens is 3. The van der Waals surface area contributed by atoms with Gasteiger partial charge in [-0.05, 0) is 70.4 Å². The Bertz CT molecular complexity index is 1230. The van der Waals surface area contributed by atoms with Gasteiger partial charge in [-0.1, -0.05) is 30.7 Å². The molecule has 12 heteroatoms. The summed E-state index contributed by atoms with van der Waals surface area (Å²) in [6.45, 7) is 10.7. The number of aliphatic hydroxyl groups excluding tert-OH is 1. The highest BCUT2D eigenvalue weighted by Gasteiger charge is 2.32. The molecule has 9 nitrogen and oxygen atoms in total. The van der Waals surface area contributed by atoms with Gasteiger partial charge in [0.2, 0.25) is 5.91 Å². The summed E-state index contributed by atoms with van der Waals surface area (Å²) < 4.78 is 45.1. The second-order valence-electron chi connectivity index (χ2n) is 10.8. The number of aliphatic hydroxyl groups is 1. The van der Waals surface area contributed by atoms with Crippen molar-refractivity contribution < 1.29 is 37.4 Å². The van der Waals surface area contributed by atoms with Crippen molar-refractivity contribution in [1.82, 2.24) is 16.0 Å². The summed E-state index contributed by atoms with van der Waals surface area (Å²) in [5.74, 6) is -1.67. The number of anilines is 1. The molecule has 3 amide bonds. The number of aryl methyl sites for hydroxylation is 2. The lowest BCUT2D eigenvalue weighted by Crippen LogP contribution is -2.51. The van der Waals surface area contributed by atoms with Gasteiger partial charge in [-0.3, -0.25) is 14.9 Å². The fourth-order valence-electron chi connectivity index (χ4n) is 3.92. The summed E-state index contributed by atoms with van der Waals surface area (Å²) in [6.07, 6.45) is -6.24. The molecule has 0 fully saturated rings. The van der Waals surface area contributed by atoms with E-state index >= 15 is 0 Å². The average Bonchev–Trinajstić information content (AvgIpc) is 2.85. The molecule has 0 radical (unpaired) electrons. The van der Waals surface area contributed by atoms with E-state index in [1.54, 1.807) is 27.7 Å². The fraction of sp³-hybridized carbons (Fsp3) is 0.483. The molecule has 2 aromatic rings. The number of nitrogens with one attached hydrogen (secondary N) is 4. The summed E-state index contributed by atoms with van der Waals surface area (Å²) in [6, 6.07) is 7.60. The molecule has 0 aliphatic heterocycles. The Balaban J connectivity index is 2.08. The number of benzene rings is 2. The second kappa shape index (κ2) is 14.3. The van der Waals surface area contributed by atoms with Gasteiger partial charge in [0.05, 0.1) is 35.5 Å². The Morgan fingerprint density at radius 1 is 1.02 bits per heavy atom. The molecule has 0 spiro atoms. The molecule has 0 aromatic heterocycles. The lowest BCUT2D eigenvalue weighted by Gasteiger charge is -2.24. The summed E-state index contributed by atoms with van der Waals surface area (Å²) >= 11 is 0. The number of hydrogen-bond acceptors (Lipinski definition) is 6. The molecule has 0 aliphatic rings. The van der Waals surface area contributed by atoms with Crippen LogP contribution in [0.25, 0.3) is 0 Å². The van der Waals surface area contributed by atoms with E-state index in [0.29, 0.717) is 19.0 Å². The maximum absolute atomic E-state index is 13.3. The predicted molar refractivity (Wildman–Crippen MR) is 149 cm³/mol. The Kier molecular flexibility index (Phi) is 11.7. The molecule has 2 aromatic carbocycles. The molecule has 0 saturated carbocycles. The van der Waals surface area contributed by atoms with E-state index in [0.717, 1.165) is 28.8 Å². The van der Waals surface area contributed by atoms with Crippen molar-refractivity contribution in [3.63, 3.8) is 0 Å². The minimum absolute atomic E-state index is 0.222. The minimum Gasteiger partial charge on any atom is -0.444 e. The van der Waals surface area contributed by atoms with Crippen molar-refractivity contribution >= 4 is 23.6 Å². The van der Waals surface area contributed by atoms with Crippen LogP contribution in [0.15, 0.2) is 36.4 Å². The van der Waals surface area contributed by atoms with Gasteiger partial charge in [0.1, 0.15) is 5.60 Å². The van der Waals surface area contributed by atoms with E-state index in [4.69, 9.17) is 4.74 Å². The number of amides is 3. The number of carbonyl (C=O) groups is 3. The highest BCUT2D eigenvalue weighted by Crippen LogP contribution is 2.32. The van der Waals surface area contributed by atoms with E-state index in [9.17, 15) is 32.7 Å². The van der Waals surface area contributed by atoms with Gasteiger partial charge in [0, 0.05) is 13.1 Å². The molecule has 0 aliphatic carbocycles. The third-order valence-electron chi connectivity index (χ3n) is 6.04. The minimum atomic E-state index is -4.75. The quantitative estimate of drug-likeness (QED) is 0.267. The van der Waals surface area contributed by atoms with Crippen LogP contribution in [0.3, 0.4) is 0 Å². The number of hydrogen-bond donors (Lipinski definition) is 5. The summed E-state index contributed by atoms with van der Waals surface area (Å²) in [7, 11) is 0. The predicted octanol–water partition coefficient (Wildman–Crippen LogP) is 4.44. The lowest BCUT2D eigenvalue weighted by molar-refractivity contribution is -0.137. The fourth-order valence-corrected chi connectivity index (χ4v) is 3.92. The van der Waals surface area contributed by atoms with E-state index in [1.165, 1.54) is 0 Å². The Morgan fingerprint density at radius 3 is 2.29 bits per heavy atom. The third kappa shape index (κ3) is 11.0. The first-order valence-electron chi connectivity index (χ1n) is 13.2. The number of carbonyl (C=O) groups excluding carboxylic acids is 3. The van der Waals surface area contributed by atoms with Crippen LogP contribution in [0, 0.1) is 13.8 Å². The van der Waals surface area contributed by atoms with Crippen molar-refractivity contribution in [2.24, 2.45) is 0 Å². The molecule has 0 heterocycles. The zero-order valence-corrected chi connectivity index (χ0v) is 24.2. The molecule has 0 saturated heterocycles. The van der Waals surface area contributed by atoms with Crippen molar-refractivity contribution in [3.8, 4) is 0 Å². The maximum atomic E-state index is 13.3. The van der Waals surface area contributed by atoms with Crippen LogP contribution in [0.1, 0.15) is 66.7 Å². The van der Waals surface area contributed by atoms with E-state index in [-0.39, 0.29) is 12.2 Å². The van der Waals surface area contributed by atoms with Gasteiger partial charge in [0.25, 0.3) is 5.91 Å². The Morgan fingerprint density at radius 2 is 1.71 bits per heavy atom. The smallest absolute Gasteiger partial charge is 0.416 e. The number of alkyl halides is 3. The van der Waals surface area contributed by atoms with E-state index in [2.05, 4.69) is 27.3 Å². The van der Waals surface area contributed by atoms with Crippen molar-refractivity contribution in [3.05, 3.63) is 64.2 Å². The number of rotatable bonds is 11. The van der Waals surface area contributed by atoms with Gasteiger partial charge in [0.15, 0.2) is 0 Å². The topological polar surface area (TPSA) is 129 Å². The molecule has 0 bridgehead atoms. The molecule has 0 unspecified atom stereocenters. The van der Waals surface area contributed by atoms with Crippen LogP contribution in [0.4, 0.5) is 23.7 Å². The molecular weight excluding hydrogens is 541 g/mol. The monoisotopic (exact) mass is 580 g/mol. The van der Waals surface area contributed by atoms with Crippen LogP contribution >= 0.6 is 0 Å². The van der Waals surface area contributed by atoms with Crippen molar-refractivity contribution in [2.45, 2.75) is 78.4 Å².